The van der Waals surface area contributed by atoms with Crippen LogP contribution in [0.15, 0.2) is 42.5 Å². The van der Waals surface area contributed by atoms with Crippen molar-refractivity contribution in [2.75, 3.05) is 10.6 Å². The first-order chi connectivity index (χ1) is 9.95. The highest BCUT2D eigenvalue weighted by Gasteiger charge is 2.09. The highest BCUT2D eigenvalue weighted by atomic mass is 19.1. The fourth-order valence-electron chi connectivity index (χ4n) is 1.92. The van der Waals surface area contributed by atoms with Gasteiger partial charge in [-0.15, -0.1) is 0 Å². The molecule has 1 unspecified atom stereocenters. The second-order valence-electron chi connectivity index (χ2n) is 4.60. The molecule has 2 rings (SSSR count). The van der Waals surface area contributed by atoms with Gasteiger partial charge in [0.15, 0.2) is 0 Å². The number of hydrogen-bond donors (Lipinski definition) is 3. The van der Waals surface area contributed by atoms with E-state index in [1.54, 1.807) is 24.3 Å². The van der Waals surface area contributed by atoms with E-state index in [0.29, 0.717) is 5.69 Å². The van der Waals surface area contributed by atoms with E-state index < -0.39 is 17.7 Å². The Kier molecular flexibility index (Phi) is 4.37. The third-order valence-electron chi connectivity index (χ3n) is 2.98. The number of nitrogens with two attached hydrogens (primary N) is 1. The summed E-state index contributed by atoms with van der Waals surface area (Å²) < 4.78 is 26.4. The van der Waals surface area contributed by atoms with E-state index in [1.807, 2.05) is 6.92 Å². The first kappa shape index (κ1) is 14.8. The van der Waals surface area contributed by atoms with Gasteiger partial charge in [0.2, 0.25) is 0 Å². The van der Waals surface area contributed by atoms with Crippen LogP contribution >= 0.6 is 0 Å². The first-order valence-electron chi connectivity index (χ1n) is 6.33. The standard InChI is InChI=1S/C15H15F2N3O/c1-9(19-14-7-4-11(16)8-13(14)17)10-2-5-12(6-3-10)20-15(18)21/h2-9,19H,1H3,(H3,18,20,21). The van der Waals surface area contributed by atoms with Gasteiger partial charge in [-0.1, -0.05) is 12.1 Å². The number of hydrogen-bond acceptors (Lipinski definition) is 2. The van der Waals surface area contributed by atoms with Gasteiger partial charge < -0.3 is 16.4 Å². The largest absolute Gasteiger partial charge is 0.376 e. The van der Waals surface area contributed by atoms with Gasteiger partial charge in [-0.2, -0.15) is 0 Å². The molecule has 1 atom stereocenters. The zero-order valence-electron chi connectivity index (χ0n) is 11.4. The summed E-state index contributed by atoms with van der Waals surface area (Å²) in [7, 11) is 0. The molecule has 2 aromatic carbocycles. The minimum Gasteiger partial charge on any atom is -0.376 e. The molecule has 0 fully saturated rings. The highest BCUT2D eigenvalue weighted by Crippen LogP contribution is 2.23. The minimum atomic E-state index is -0.645. The number of primary amides is 1. The number of halogens is 2. The van der Waals surface area contributed by atoms with Gasteiger partial charge in [0.1, 0.15) is 11.6 Å². The summed E-state index contributed by atoms with van der Waals surface area (Å²) in [5.41, 5.74) is 6.70. The van der Waals surface area contributed by atoms with Crippen molar-refractivity contribution in [1.29, 1.82) is 0 Å². The molecule has 6 heteroatoms. The van der Waals surface area contributed by atoms with Crippen LogP contribution in [0.5, 0.6) is 0 Å². The fourth-order valence-corrected chi connectivity index (χ4v) is 1.92. The minimum absolute atomic E-state index is 0.187. The van der Waals surface area contributed by atoms with Crippen molar-refractivity contribution in [3.8, 4) is 0 Å². The number of amides is 2. The van der Waals surface area contributed by atoms with E-state index in [9.17, 15) is 13.6 Å². The summed E-state index contributed by atoms with van der Waals surface area (Å²) in [6, 6.07) is 9.50. The zero-order valence-corrected chi connectivity index (χ0v) is 11.4. The molecule has 0 spiro atoms. The normalized spacial score (nSPS) is 11.8. The van der Waals surface area contributed by atoms with E-state index >= 15 is 0 Å². The molecule has 0 aliphatic carbocycles. The van der Waals surface area contributed by atoms with Crippen molar-refractivity contribution in [2.24, 2.45) is 5.73 Å². The highest BCUT2D eigenvalue weighted by molar-refractivity contribution is 5.87. The van der Waals surface area contributed by atoms with Crippen molar-refractivity contribution in [3.05, 3.63) is 59.7 Å². The van der Waals surface area contributed by atoms with Crippen molar-refractivity contribution in [2.45, 2.75) is 13.0 Å². The van der Waals surface area contributed by atoms with Gasteiger partial charge in [-0.05, 0) is 36.8 Å². The van der Waals surface area contributed by atoms with Crippen LogP contribution in [0.3, 0.4) is 0 Å². The lowest BCUT2D eigenvalue weighted by molar-refractivity contribution is 0.259. The van der Waals surface area contributed by atoms with Crippen LogP contribution in [0, 0.1) is 11.6 Å². The summed E-state index contributed by atoms with van der Waals surface area (Å²) in [4.78, 5) is 10.7. The Hall–Kier alpha value is -2.63. The molecule has 2 aromatic rings. The zero-order chi connectivity index (χ0) is 15.4. The Morgan fingerprint density at radius 2 is 1.81 bits per heavy atom. The molecule has 21 heavy (non-hydrogen) atoms. The Labute approximate surface area is 121 Å². The van der Waals surface area contributed by atoms with Gasteiger partial charge in [0, 0.05) is 17.8 Å². The maximum atomic E-state index is 13.6. The van der Waals surface area contributed by atoms with Gasteiger partial charge in [-0.3, -0.25) is 0 Å². The van der Waals surface area contributed by atoms with Crippen LogP contribution in [-0.4, -0.2) is 6.03 Å². The quantitative estimate of drug-likeness (QED) is 0.805. The SMILES string of the molecule is CC(Nc1ccc(F)cc1F)c1ccc(NC(N)=O)cc1. The lowest BCUT2D eigenvalue weighted by atomic mass is 10.1. The molecule has 0 bridgehead atoms. The number of anilines is 2. The Balaban J connectivity index is 2.09. The fraction of sp³-hybridized carbons (Fsp3) is 0.133. The summed E-state index contributed by atoms with van der Waals surface area (Å²) >= 11 is 0. The molecule has 4 N–H and O–H groups in total. The smallest absolute Gasteiger partial charge is 0.316 e. The second-order valence-corrected chi connectivity index (χ2v) is 4.60. The Morgan fingerprint density at radius 3 is 2.38 bits per heavy atom. The van der Waals surface area contributed by atoms with E-state index in [4.69, 9.17) is 5.73 Å². The average Bonchev–Trinajstić information content (AvgIpc) is 2.42. The molecule has 0 heterocycles. The first-order valence-corrected chi connectivity index (χ1v) is 6.33. The van der Waals surface area contributed by atoms with Crippen LogP contribution in [0.4, 0.5) is 25.0 Å². The lowest BCUT2D eigenvalue weighted by Gasteiger charge is -2.16. The average molecular weight is 291 g/mol. The maximum absolute atomic E-state index is 13.6. The summed E-state index contributed by atoms with van der Waals surface area (Å²) in [5, 5.41) is 5.41. The number of rotatable bonds is 4. The van der Waals surface area contributed by atoms with Crippen molar-refractivity contribution in [1.82, 2.24) is 0 Å². The van der Waals surface area contributed by atoms with E-state index in [0.717, 1.165) is 11.6 Å². The van der Waals surface area contributed by atoms with E-state index in [1.165, 1.54) is 12.1 Å². The topological polar surface area (TPSA) is 67.2 Å². The number of carbonyl (C=O) groups is 1. The Morgan fingerprint density at radius 1 is 1.14 bits per heavy atom. The van der Waals surface area contributed by atoms with E-state index in [-0.39, 0.29) is 11.7 Å². The van der Waals surface area contributed by atoms with Crippen LogP contribution in [-0.2, 0) is 0 Å². The van der Waals surface area contributed by atoms with Gasteiger partial charge >= 0.3 is 6.03 Å². The molecular formula is C15H15F2N3O. The number of benzene rings is 2. The molecule has 0 radical (unpaired) electrons. The molecule has 0 aliphatic heterocycles. The molecule has 0 aliphatic rings. The molecule has 2 amide bonds. The van der Waals surface area contributed by atoms with Crippen LogP contribution in [0.2, 0.25) is 0 Å². The summed E-state index contributed by atoms with van der Waals surface area (Å²) in [6.45, 7) is 1.85. The molecule has 0 saturated heterocycles. The number of urea groups is 1. The molecule has 0 aromatic heterocycles. The third-order valence-corrected chi connectivity index (χ3v) is 2.98. The lowest BCUT2D eigenvalue weighted by Crippen LogP contribution is -2.19. The van der Waals surface area contributed by atoms with Crippen molar-refractivity contribution in [3.63, 3.8) is 0 Å². The van der Waals surface area contributed by atoms with Gasteiger partial charge in [0.25, 0.3) is 0 Å². The van der Waals surface area contributed by atoms with Crippen LogP contribution in [0.25, 0.3) is 0 Å². The monoisotopic (exact) mass is 291 g/mol. The van der Waals surface area contributed by atoms with Crippen molar-refractivity contribution >= 4 is 17.4 Å². The predicted molar refractivity (Wildman–Crippen MR) is 78.0 cm³/mol. The van der Waals surface area contributed by atoms with Crippen LogP contribution < -0.4 is 16.4 Å². The van der Waals surface area contributed by atoms with Crippen LogP contribution in [0.1, 0.15) is 18.5 Å². The molecular weight excluding hydrogens is 276 g/mol. The van der Waals surface area contributed by atoms with E-state index in [2.05, 4.69) is 10.6 Å². The molecule has 4 nitrogen and oxygen atoms in total. The summed E-state index contributed by atoms with van der Waals surface area (Å²) in [5.74, 6) is -1.26. The Bertz CT molecular complexity index is 644. The van der Waals surface area contributed by atoms with Gasteiger partial charge in [-0.25, -0.2) is 13.6 Å². The van der Waals surface area contributed by atoms with Crippen molar-refractivity contribution < 1.29 is 13.6 Å². The second kappa shape index (κ2) is 6.21. The summed E-state index contributed by atoms with van der Waals surface area (Å²) in [6.07, 6.45) is 0. The molecule has 0 saturated carbocycles. The number of carbonyl (C=O) groups excluding carboxylic acids is 1. The third kappa shape index (κ3) is 3.92. The molecule has 110 valence electrons. The number of nitrogens with one attached hydrogen (secondary N) is 2. The van der Waals surface area contributed by atoms with Gasteiger partial charge in [0.05, 0.1) is 5.69 Å². The maximum Gasteiger partial charge on any atom is 0.316 e. The predicted octanol–water partition coefficient (Wildman–Crippen LogP) is 3.63.